The van der Waals surface area contributed by atoms with Crippen molar-refractivity contribution in [3.05, 3.63) is 17.8 Å². The Morgan fingerprint density at radius 3 is 2.27 bits per heavy atom. The maximum Gasteiger partial charge on any atom is 0.407 e. The Hall–Kier alpha value is -2.86. The molecule has 2 aromatic rings. The third kappa shape index (κ3) is 6.07. The zero-order chi connectivity index (χ0) is 29.2. The molecule has 3 atom stereocenters. The number of nitrogens with zero attached hydrogens (tertiary/aromatic N) is 5. The zero-order valence-electron chi connectivity index (χ0n) is 25.3. The molecule has 2 saturated heterocycles. The van der Waals surface area contributed by atoms with E-state index in [1.54, 1.807) is 18.1 Å². The first-order valence-electron chi connectivity index (χ1n) is 14.6. The lowest BCUT2D eigenvalue weighted by molar-refractivity contribution is 0.0351. The number of nitrogens with one attached hydrogen (secondary N) is 2. The van der Waals surface area contributed by atoms with Crippen molar-refractivity contribution in [2.45, 2.75) is 115 Å². The summed E-state index contributed by atoms with van der Waals surface area (Å²) in [5.74, 6) is 2.20. The van der Waals surface area contributed by atoms with E-state index in [2.05, 4.69) is 66.9 Å². The van der Waals surface area contributed by atoms with Gasteiger partial charge in [0.05, 0.1) is 19.4 Å². The van der Waals surface area contributed by atoms with Crippen molar-refractivity contribution in [1.82, 2.24) is 25.1 Å². The van der Waals surface area contributed by atoms with Crippen molar-refractivity contribution < 1.29 is 19.1 Å². The number of piperidine rings is 2. The molecule has 2 fully saturated rings. The normalized spacial score (nSPS) is 21.3. The maximum atomic E-state index is 11.8. The summed E-state index contributed by atoms with van der Waals surface area (Å²) in [6, 6.07) is 3.93. The number of hydrogen-bond donors (Lipinski definition) is 3. The highest BCUT2D eigenvalue weighted by molar-refractivity contribution is 6.77. The van der Waals surface area contributed by atoms with E-state index >= 15 is 0 Å². The Labute approximate surface area is 239 Å². The second kappa shape index (κ2) is 12.3. The monoisotopic (exact) mass is 573 g/mol. The van der Waals surface area contributed by atoms with Crippen LogP contribution in [-0.2, 0) is 11.0 Å². The summed E-state index contributed by atoms with van der Waals surface area (Å²) in [5, 5.41) is 20.6. The summed E-state index contributed by atoms with van der Waals surface area (Å²) in [6.45, 7) is 14.2. The van der Waals surface area contributed by atoms with E-state index in [4.69, 9.17) is 14.1 Å². The van der Waals surface area contributed by atoms with E-state index < -0.39 is 14.4 Å². The summed E-state index contributed by atoms with van der Waals surface area (Å²) in [7, 11) is 1.58. The highest BCUT2D eigenvalue weighted by Gasteiger charge is 2.45. The molecule has 2 aliphatic rings. The highest BCUT2D eigenvalue weighted by Crippen LogP contribution is 2.43. The van der Waals surface area contributed by atoms with E-state index in [9.17, 15) is 9.90 Å². The van der Waals surface area contributed by atoms with Gasteiger partial charge < -0.3 is 29.4 Å². The van der Waals surface area contributed by atoms with Crippen molar-refractivity contribution in [2.75, 3.05) is 24.4 Å². The number of hydrogen-bond acceptors (Lipinski definition) is 8. The standard InChI is InChI=1S/C28H47N7O4Si/c1-17(2)40(18(3)4,19(5)6)39-16-20-12-25(33-32-20)29-24-15-26(38-8)31-27(30-24)34(7)23-13-21-10-9-11-22(14-23)35(21)28(36)37/h12,15,17-19,21-23H,9-11,13-14,16H2,1-8H3,(H,36,37)(H2,29,30,31,32,33)/t21-,22+,23?. The van der Waals surface area contributed by atoms with Gasteiger partial charge in [0.1, 0.15) is 5.82 Å². The van der Waals surface area contributed by atoms with Crippen LogP contribution in [0.2, 0.25) is 16.6 Å². The first-order chi connectivity index (χ1) is 19.0. The number of aromatic amines is 1. The average molecular weight is 574 g/mol. The van der Waals surface area contributed by atoms with Crippen LogP contribution in [0.4, 0.5) is 22.4 Å². The first-order valence-corrected chi connectivity index (χ1v) is 16.7. The number of fused-ring (bicyclic) bond motifs is 2. The number of carboxylic acid groups (broad SMARTS) is 1. The summed E-state index contributed by atoms with van der Waals surface area (Å²) < 4.78 is 12.2. The van der Waals surface area contributed by atoms with Gasteiger partial charge in [-0.1, -0.05) is 41.5 Å². The molecule has 0 aromatic carbocycles. The molecule has 222 valence electrons. The molecule has 0 radical (unpaired) electrons. The van der Waals surface area contributed by atoms with Gasteiger partial charge in [-0.15, -0.1) is 0 Å². The molecule has 11 nitrogen and oxygen atoms in total. The Bertz CT molecular complexity index is 1120. The minimum Gasteiger partial charge on any atom is -0.481 e. The van der Waals surface area contributed by atoms with Gasteiger partial charge in [-0.25, -0.2) is 4.79 Å². The minimum atomic E-state index is -1.99. The molecule has 3 N–H and O–H groups in total. The summed E-state index contributed by atoms with van der Waals surface area (Å²) >= 11 is 0. The third-order valence-electron chi connectivity index (χ3n) is 9.01. The number of H-pyrrole nitrogens is 1. The molecule has 0 saturated carbocycles. The number of rotatable bonds is 11. The number of methoxy groups -OCH3 is 1. The zero-order valence-corrected chi connectivity index (χ0v) is 26.3. The third-order valence-corrected chi connectivity index (χ3v) is 15.1. The first kappa shape index (κ1) is 30.1. The van der Waals surface area contributed by atoms with Crippen molar-refractivity contribution >= 4 is 32.0 Å². The fourth-order valence-electron chi connectivity index (χ4n) is 7.22. The van der Waals surface area contributed by atoms with Crippen LogP contribution in [0.5, 0.6) is 5.88 Å². The molecule has 0 spiro atoms. The molecular formula is C28H47N7O4Si. The van der Waals surface area contributed by atoms with Crippen LogP contribution in [0.15, 0.2) is 12.1 Å². The van der Waals surface area contributed by atoms with Crippen LogP contribution in [-0.4, -0.2) is 76.9 Å². The smallest absolute Gasteiger partial charge is 0.407 e. The van der Waals surface area contributed by atoms with E-state index in [0.717, 1.165) is 37.8 Å². The number of aromatic nitrogens is 4. The summed E-state index contributed by atoms with van der Waals surface area (Å²) in [4.78, 5) is 25.0. The molecule has 1 amide bonds. The van der Waals surface area contributed by atoms with Crippen LogP contribution in [0.1, 0.15) is 79.3 Å². The quantitative estimate of drug-likeness (QED) is 0.271. The Morgan fingerprint density at radius 2 is 1.73 bits per heavy atom. The van der Waals surface area contributed by atoms with Crippen LogP contribution >= 0.6 is 0 Å². The number of ether oxygens (including phenoxy) is 1. The van der Waals surface area contributed by atoms with Gasteiger partial charge in [0.25, 0.3) is 0 Å². The predicted molar refractivity (Wildman–Crippen MR) is 159 cm³/mol. The van der Waals surface area contributed by atoms with Crippen molar-refractivity contribution in [1.29, 1.82) is 0 Å². The van der Waals surface area contributed by atoms with Crippen LogP contribution in [0.3, 0.4) is 0 Å². The topological polar surface area (TPSA) is 129 Å². The number of anilines is 3. The van der Waals surface area contributed by atoms with Crippen LogP contribution in [0.25, 0.3) is 0 Å². The average Bonchev–Trinajstić information content (AvgIpc) is 3.33. The van der Waals surface area contributed by atoms with Gasteiger partial charge in [0, 0.05) is 37.3 Å². The van der Waals surface area contributed by atoms with E-state index in [1.807, 2.05) is 13.1 Å². The van der Waals surface area contributed by atoms with Gasteiger partial charge in [-0.2, -0.15) is 15.1 Å². The molecule has 2 bridgehead atoms. The lowest BCUT2D eigenvalue weighted by atomic mass is 9.81. The van der Waals surface area contributed by atoms with E-state index in [-0.39, 0.29) is 18.1 Å². The SMILES string of the molecule is COc1cc(Nc2cc(CO[Si](C(C)C)(C(C)C)C(C)C)[nH]n2)nc(N(C)C2C[C@H]3CCC[C@@H](C2)N3C(=O)O)n1. The maximum absolute atomic E-state index is 11.8. The molecular weight excluding hydrogens is 526 g/mol. The van der Waals surface area contributed by atoms with Gasteiger partial charge in [0.15, 0.2) is 5.82 Å². The van der Waals surface area contributed by atoms with Crippen molar-refractivity contribution in [3.63, 3.8) is 0 Å². The fraction of sp³-hybridized carbons (Fsp3) is 0.714. The van der Waals surface area contributed by atoms with E-state index in [0.29, 0.717) is 46.7 Å². The summed E-state index contributed by atoms with van der Waals surface area (Å²) in [5.41, 5.74) is 2.44. The van der Waals surface area contributed by atoms with Crippen molar-refractivity contribution in [3.8, 4) is 5.88 Å². The molecule has 4 heterocycles. The Kier molecular flexibility index (Phi) is 9.28. The van der Waals surface area contributed by atoms with Gasteiger partial charge >= 0.3 is 6.09 Å². The van der Waals surface area contributed by atoms with Gasteiger partial charge in [-0.3, -0.25) is 5.10 Å². The molecule has 1 unspecified atom stereocenters. The lowest BCUT2D eigenvalue weighted by Crippen LogP contribution is -2.58. The minimum absolute atomic E-state index is 0.0363. The predicted octanol–water partition coefficient (Wildman–Crippen LogP) is 6.14. The Morgan fingerprint density at radius 1 is 1.10 bits per heavy atom. The van der Waals surface area contributed by atoms with Gasteiger partial charge in [0.2, 0.25) is 20.1 Å². The lowest BCUT2D eigenvalue weighted by Gasteiger charge is -2.49. The molecule has 2 aromatic heterocycles. The summed E-state index contributed by atoms with van der Waals surface area (Å²) in [6.07, 6.45) is 3.59. The molecule has 4 rings (SSSR count). The Balaban J connectivity index is 1.47. The van der Waals surface area contributed by atoms with Crippen molar-refractivity contribution in [2.24, 2.45) is 0 Å². The molecule has 40 heavy (non-hydrogen) atoms. The van der Waals surface area contributed by atoms with Crippen LogP contribution in [0, 0.1) is 0 Å². The highest BCUT2D eigenvalue weighted by atomic mass is 28.4. The van der Waals surface area contributed by atoms with Crippen LogP contribution < -0.4 is 15.0 Å². The largest absolute Gasteiger partial charge is 0.481 e. The van der Waals surface area contributed by atoms with E-state index in [1.165, 1.54) is 0 Å². The fourth-order valence-corrected chi connectivity index (χ4v) is 12.6. The second-order valence-corrected chi connectivity index (χ2v) is 17.7. The van der Waals surface area contributed by atoms with Gasteiger partial charge in [-0.05, 0) is 48.7 Å². The second-order valence-electron chi connectivity index (χ2n) is 12.3. The molecule has 2 aliphatic heterocycles. The number of amides is 1. The molecule has 12 heteroatoms. The number of carbonyl (C=O) groups is 1. The molecule has 0 aliphatic carbocycles.